The van der Waals surface area contributed by atoms with Gasteiger partial charge in [0.15, 0.2) is 0 Å². The van der Waals surface area contributed by atoms with Gasteiger partial charge in [0.2, 0.25) is 0 Å². The van der Waals surface area contributed by atoms with E-state index in [1.54, 1.807) is 6.08 Å². The van der Waals surface area contributed by atoms with Crippen LogP contribution in [-0.4, -0.2) is 11.1 Å². The van der Waals surface area contributed by atoms with E-state index in [0.29, 0.717) is 0 Å². The third-order valence-electron chi connectivity index (χ3n) is 3.55. The van der Waals surface area contributed by atoms with E-state index in [1.807, 2.05) is 30.3 Å². The molecular formula is C18H18O2. The van der Waals surface area contributed by atoms with E-state index in [4.69, 9.17) is 5.11 Å². The van der Waals surface area contributed by atoms with E-state index >= 15 is 0 Å². The molecule has 0 saturated carbocycles. The highest BCUT2D eigenvalue weighted by molar-refractivity contribution is 5.85. The zero-order valence-electron chi connectivity index (χ0n) is 11.7. The summed E-state index contributed by atoms with van der Waals surface area (Å²) in [4.78, 5) is 10.5. The molecule has 2 nitrogen and oxygen atoms in total. The fourth-order valence-electron chi connectivity index (χ4n) is 2.20. The predicted molar refractivity (Wildman–Crippen MR) is 81.7 cm³/mol. The van der Waals surface area contributed by atoms with Crippen molar-refractivity contribution in [2.45, 2.75) is 19.3 Å². The smallest absolute Gasteiger partial charge is 0.328 e. The molecule has 2 rings (SSSR count). The van der Waals surface area contributed by atoms with Crippen LogP contribution < -0.4 is 0 Å². The average molecular weight is 266 g/mol. The molecule has 0 bridgehead atoms. The zero-order chi connectivity index (χ0) is 14.6. The Bertz CT molecular complexity index is 608. The second-order valence-corrected chi connectivity index (χ2v) is 5.28. The molecule has 2 aromatic rings. The Labute approximate surface area is 119 Å². The number of aliphatic carboxylic acids is 1. The topological polar surface area (TPSA) is 37.3 Å². The van der Waals surface area contributed by atoms with Gasteiger partial charge >= 0.3 is 5.97 Å². The zero-order valence-corrected chi connectivity index (χ0v) is 11.7. The number of hydrogen-bond acceptors (Lipinski definition) is 1. The lowest BCUT2D eigenvalue weighted by Crippen LogP contribution is -2.18. The summed E-state index contributed by atoms with van der Waals surface area (Å²) in [6.07, 6.45) is 2.75. The number of carboxylic acids is 1. The van der Waals surface area contributed by atoms with E-state index in [1.165, 1.54) is 11.1 Å². The number of carboxylic acid groups (broad SMARTS) is 1. The first-order chi connectivity index (χ1) is 9.50. The van der Waals surface area contributed by atoms with Gasteiger partial charge < -0.3 is 5.11 Å². The summed E-state index contributed by atoms with van der Waals surface area (Å²) in [5, 5.41) is 8.62. The summed E-state index contributed by atoms with van der Waals surface area (Å²) >= 11 is 0. The number of carbonyl (C=O) groups is 1. The van der Waals surface area contributed by atoms with Crippen molar-refractivity contribution in [3.8, 4) is 0 Å². The Morgan fingerprint density at radius 3 is 2.05 bits per heavy atom. The minimum atomic E-state index is -0.932. The van der Waals surface area contributed by atoms with Crippen molar-refractivity contribution < 1.29 is 9.90 Å². The van der Waals surface area contributed by atoms with Gasteiger partial charge in [-0.3, -0.25) is 0 Å². The van der Waals surface area contributed by atoms with Gasteiger partial charge in [0.1, 0.15) is 0 Å². The maximum atomic E-state index is 10.5. The SMILES string of the molecule is CC(C)(c1ccccc1)c1ccc(C=CC(=O)O)cc1. The molecule has 0 radical (unpaired) electrons. The summed E-state index contributed by atoms with van der Waals surface area (Å²) in [7, 11) is 0. The molecule has 0 saturated heterocycles. The monoisotopic (exact) mass is 266 g/mol. The lowest BCUT2D eigenvalue weighted by molar-refractivity contribution is -0.131. The molecule has 2 aromatic carbocycles. The first-order valence-electron chi connectivity index (χ1n) is 6.57. The van der Waals surface area contributed by atoms with Gasteiger partial charge in [-0.05, 0) is 22.8 Å². The fourth-order valence-corrected chi connectivity index (χ4v) is 2.20. The van der Waals surface area contributed by atoms with Crippen LogP contribution in [0.3, 0.4) is 0 Å². The third-order valence-corrected chi connectivity index (χ3v) is 3.55. The standard InChI is InChI=1S/C18H18O2/c1-18(2,15-6-4-3-5-7-15)16-11-8-14(9-12-16)10-13-17(19)20/h3-13H,1-2H3,(H,19,20). The first-order valence-corrected chi connectivity index (χ1v) is 6.57. The molecule has 0 aromatic heterocycles. The summed E-state index contributed by atoms with van der Waals surface area (Å²) in [6.45, 7) is 4.37. The van der Waals surface area contributed by atoms with Crippen LogP contribution >= 0.6 is 0 Å². The molecule has 102 valence electrons. The predicted octanol–water partition coefficient (Wildman–Crippen LogP) is 4.11. The Hall–Kier alpha value is -2.35. The molecule has 0 aliphatic rings. The highest BCUT2D eigenvalue weighted by Crippen LogP contribution is 2.31. The van der Waals surface area contributed by atoms with Crippen molar-refractivity contribution in [2.24, 2.45) is 0 Å². The van der Waals surface area contributed by atoms with Gasteiger partial charge in [0.25, 0.3) is 0 Å². The van der Waals surface area contributed by atoms with Crippen molar-refractivity contribution in [2.75, 3.05) is 0 Å². The Balaban J connectivity index is 2.28. The molecule has 0 unspecified atom stereocenters. The van der Waals surface area contributed by atoms with E-state index < -0.39 is 5.97 Å². The Kier molecular flexibility index (Phi) is 4.04. The van der Waals surface area contributed by atoms with Crippen LogP contribution in [0.15, 0.2) is 60.7 Å². The molecule has 0 atom stereocenters. The van der Waals surface area contributed by atoms with Crippen LogP contribution in [0.4, 0.5) is 0 Å². The second-order valence-electron chi connectivity index (χ2n) is 5.28. The lowest BCUT2D eigenvalue weighted by atomic mass is 9.78. The molecule has 1 N–H and O–H groups in total. The second kappa shape index (κ2) is 5.74. The van der Waals surface area contributed by atoms with E-state index in [0.717, 1.165) is 11.6 Å². The van der Waals surface area contributed by atoms with E-state index in [2.05, 4.69) is 38.1 Å². The van der Waals surface area contributed by atoms with Crippen LogP contribution in [0, 0.1) is 0 Å². The minimum Gasteiger partial charge on any atom is -0.478 e. The molecule has 0 aliphatic carbocycles. The molecule has 20 heavy (non-hydrogen) atoms. The van der Waals surface area contributed by atoms with Gasteiger partial charge in [0, 0.05) is 11.5 Å². The van der Waals surface area contributed by atoms with Crippen LogP contribution in [0.25, 0.3) is 6.08 Å². The summed E-state index contributed by atoms with van der Waals surface area (Å²) in [6, 6.07) is 18.3. The van der Waals surface area contributed by atoms with Crippen molar-refractivity contribution in [1.29, 1.82) is 0 Å². The third kappa shape index (κ3) is 3.15. The maximum absolute atomic E-state index is 10.5. The number of hydrogen-bond donors (Lipinski definition) is 1. The highest BCUT2D eigenvalue weighted by atomic mass is 16.4. The lowest BCUT2D eigenvalue weighted by Gasteiger charge is -2.26. The van der Waals surface area contributed by atoms with E-state index in [-0.39, 0.29) is 5.41 Å². The normalized spacial score (nSPS) is 11.7. The van der Waals surface area contributed by atoms with Crippen molar-refractivity contribution in [1.82, 2.24) is 0 Å². The molecular weight excluding hydrogens is 248 g/mol. The largest absolute Gasteiger partial charge is 0.478 e. The van der Waals surface area contributed by atoms with Gasteiger partial charge in [0.05, 0.1) is 0 Å². The van der Waals surface area contributed by atoms with Gasteiger partial charge in [-0.1, -0.05) is 68.4 Å². The van der Waals surface area contributed by atoms with Crippen LogP contribution in [0.5, 0.6) is 0 Å². The van der Waals surface area contributed by atoms with Crippen molar-refractivity contribution in [3.05, 3.63) is 77.4 Å². The van der Waals surface area contributed by atoms with Crippen LogP contribution in [-0.2, 0) is 10.2 Å². The molecule has 0 amide bonds. The Morgan fingerprint density at radius 1 is 0.950 bits per heavy atom. The quantitative estimate of drug-likeness (QED) is 0.845. The fraction of sp³-hybridized carbons (Fsp3) is 0.167. The van der Waals surface area contributed by atoms with Gasteiger partial charge in [-0.15, -0.1) is 0 Å². The summed E-state index contributed by atoms with van der Waals surface area (Å²) < 4.78 is 0. The van der Waals surface area contributed by atoms with Crippen molar-refractivity contribution in [3.63, 3.8) is 0 Å². The van der Waals surface area contributed by atoms with Crippen LogP contribution in [0.1, 0.15) is 30.5 Å². The van der Waals surface area contributed by atoms with E-state index in [9.17, 15) is 4.79 Å². The minimum absolute atomic E-state index is 0.0731. The summed E-state index contributed by atoms with van der Waals surface area (Å²) in [5.74, 6) is -0.932. The van der Waals surface area contributed by atoms with Crippen molar-refractivity contribution >= 4 is 12.0 Å². The van der Waals surface area contributed by atoms with Crippen LogP contribution in [0.2, 0.25) is 0 Å². The van der Waals surface area contributed by atoms with Gasteiger partial charge in [-0.2, -0.15) is 0 Å². The maximum Gasteiger partial charge on any atom is 0.328 e. The molecule has 0 heterocycles. The molecule has 0 spiro atoms. The number of rotatable bonds is 4. The Morgan fingerprint density at radius 2 is 1.50 bits per heavy atom. The van der Waals surface area contributed by atoms with Gasteiger partial charge in [-0.25, -0.2) is 4.79 Å². The first kappa shape index (κ1) is 14.1. The summed E-state index contributed by atoms with van der Waals surface area (Å²) in [5.41, 5.74) is 3.28. The molecule has 0 aliphatic heterocycles. The number of benzene rings is 2. The average Bonchev–Trinajstić information content (AvgIpc) is 2.46. The highest BCUT2D eigenvalue weighted by Gasteiger charge is 2.22. The molecule has 0 fully saturated rings. The molecule has 2 heteroatoms.